The number of benzene rings is 1. The van der Waals surface area contributed by atoms with Crippen molar-refractivity contribution < 1.29 is 0 Å². The smallest absolute Gasteiger partial charge is 0.0703 e. The Morgan fingerprint density at radius 1 is 1.31 bits per heavy atom. The fourth-order valence-electron chi connectivity index (χ4n) is 2.50. The molecule has 0 amide bonds. The summed E-state index contributed by atoms with van der Waals surface area (Å²) in [5.74, 6) is 0. The fraction of sp³-hybridized carbons (Fsp3) is 0.357. The molecule has 0 radical (unpaired) electrons. The Hall–Kier alpha value is -1.57. The minimum absolute atomic E-state index is 1.02. The molecule has 0 aliphatic heterocycles. The van der Waals surface area contributed by atoms with Gasteiger partial charge >= 0.3 is 0 Å². The van der Waals surface area contributed by atoms with E-state index in [2.05, 4.69) is 41.4 Å². The number of H-pyrrole nitrogens is 1. The highest BCUT2D eigenvalue weighted by atomic mass is 15.1. The first-order chi connectivity index (χ1) is 7.90. The fourth-order valence-corrected chi connectivity index (χ4v) is 2.50. The second kappa shape index (κ2) is 3.78. The first-order valence-electron chi connectivity index (χ1n) is 6.04. The Balaban J connectivity index is 2.04. The van der Waals surface area contributed by atoms with Gasteiger partial charge in [0.1, 0.15) is 0 Å². The Kier molecular flexibility index (Phi) is 2.28. The van der Waals surface area contributed by atoms with E-state index in [1.807, 2.05) is 0 Å². The van der Waals surface area contributed by atoms with Crippen LogP contribution in [0.3, 0.4) is 0 Å². The van der Waals surface area contributed by atoms with E-state index in [1.165, 1.54) is 40.9 Å². The molecule has 1 aromatic carbocycles. The molecule has 2 aromatic rings. The van der Waals surface area contributed by atoms with Gasteiger partial charge in [0.15, 0.2) is 0 Å². The summed E-state index contributed by atoms with van der Waals surface area (Å²) in [4.78, 5) is 0. The monoisotopic (exact) mass is 212 g/mol. The van der Waals surface area contributed by atoms with Crippen molar-refractivity contribution in [2.45, 2.75) is 32.6 Å². The molecule has 0 saturated carbocycles. The molecule has 0 unspecified atom stereocenters. The molecular weight excluding hydrogens is 196 g/mol. The van der Waals surface area contributed by atoms with Crippen LogP contribution in [0.15, 0.2) is 24.3 Å². The summed E-state index contributed by atoms with van der Waals surface area (Å²) >= 11 is 0. The number of aromatic amines is 1. The zero-order chi connectivity index (χ0) is 11.0. The predicted octanol–water partition coefficient (Wildman–Crippen LogP) is 3.32. The molecule has 16 heavy (non-hydrogen) atoms. The normalized spacial score (nSPS) is 12.6. The van der Waals surface area contributed by atoms with Gasteiger partial charge in [0, 0.05) is 17.7 Å². The predicted molar refractivity (Wildman–Crippen MR) is 65.4 cm³/mol. The molecular formula is C14H16N2. The maximum absolute atomic E-state index is 4.45. The van der Waals surface area contributed by atoms with Crippen LogP contribution in [0.1, 0.15) is 36.7 Å². The quantitative estimate of drug-likeness (QED) is 0.708. The molecule has 0 bridgehead atoms. The van der Waals surface area contributed by atoms with E-state index in [4.69, 9.17) is 0 Å². The van der Waals surface area contributed by atoms with Crippen molar-refractivity contribution in [2.24, 2.45) is 0 Å². The molecule has 1 aliphatic carbocycles. The zero-order valence-electron chi connectivity index (χ0n) is 9.59. The number of aryl methyl sites for hydroxylation is 1. The maximum Gasteiger partial charge on any atom is 0.0703 e. The summed E-state index contributed by atoms with van der Waals surface area (Å²) in [5, 5.41) is 7.64. The van der Waals surface area contributed by atoms with Gasteiger partial charge in [-0.2, -0.15) is 5.10 Å². The SMILES string of the molecule is CCCCc1n[nH]c2c1-c1ccccc1C2. The molecule has 0 saturated heterocycles. The van der Waals surface area contributed by atoms with Gasteiger partial charge in [0.25, 0.3) is 0 Å². The molecule has 1 aromatic heterocycles. The second-order valence-corrected chi connectivity index (χ2v) is 4.46. The number of fused-ring (bicyclic) bond motifs is 3. The molecule has 0 fully saturated rings. The number of hydrogen-bond donors (Lipinski definition) is 1. The molecule has 1 N–H and O–H groups in total. The van der Waals surface area contributed by atoms with Gasteiger partial charge in [0.05, 0.1) is 5.69 Å². The van der Waals surface area contributed by atoms with E-state index in [0.717, 1.165) is 12.8 Å². The molecule has 1 aliphatic rings. The number of aromatic nitrogens is 2. The Bertz CT molecular complexity index is 511. The van der Waals surface area contributed by atoms with Gasteiger partial charge in [0.2, 0.25) is 0 Å². The van der Waals surface area contributed by atoms with Gasteiger partial charge in [-0.25, -0.2) is 0 Å². The van der Waals surface area contributed by atoms with Crippen molar-refractivity contribution >= 4 is 0 Å². The zero-order valence-corrected chi connectivity index (χ0v) is 9.59. The summed E-state index contributed by atoms with van der Waals surface area (Å²) in [6.45, 7) is 2.22. The average Bonchev–Trinajstić information content (AvgIpc) is 2.85. The molecule has 0 spiro atoms. The molecule has 82 valence electrons. The number of nitrogens with one attached hydrogen (secondary N) is 1. The van der Waals surface area contributed by atoms with Crippen molar-refractivity contribution in [1.82, 2.24) is 10.2 Å². The first-order valence-corrected chi connectivity index (χ1v) is 6.04. The van der Waals surface area contributed by atoms with Gasteiger partial charge in [-0.1, -0.05) is 37.6 Å². The Morgan fingerprint density at radius 3 is 3.06 bits per heavy atom. The van der Waals surface area contributed by atoms with Gasteiger partial charge in [-0.15, -0.1) is 0 Å². The van der Waals surface area contributed by atoms with Gasteiger partial charge < -0.3 is 0 Å². The van der Waals surface area contributed by atoms with Crippen LogP contribution in [0.5, 0.6) is 0 Å². The van der Waals surface area contributed by atoms with Crippen LogP contribution >= 0.6 is 0 Å². The third kappa shape index (κ3) is 1.37. The van der Waals surface area contributed by atoms with Crippen LogP contribution in [0.25, 0.3) is 11.1 Å². The summed E-state index contributed by atoms with van der Waals surface area (Å²) < 4.78 is 0. The minimum Gasteiger partial charge on any atom is -0.281 e. The van der Waals surface area contributed by atoms with Crippen LogP contribution in [0, 0.1) is 0 Å². The van der Waals surface area contributed by atoms with Crippen molar-refractivity contribution in [2.75, 3.05) is 0 Å². The van der Waals surface area contributed by atoms with Crippen LogP contribution in [0.2, 0.25) is 0 Å². The number of rotatable bonds is 3. The maximum atomic E-state index is 4.45. The number of unbranched alkanes of at least 4 members (excludes halogenated alkanes) is 1. The standard InChI is InChI=1S/C14H16N2/c1-2-3-8-12-14-11-7-5-4-6-10(11)9-13(14)16-15-12/h4-7H,2-3,8-9H2,1H3,(H,15,16). The van der Waals surface area contributed by atoms with Crippen molar-refractivity contribution in [3.8, 4) is 11.1 Å². The number of nitrogens with zero attached hydrogens (tertiary/aromatic N) is 1. The summed E-state index contributed by atoms with van der Waals surface area (Å²) in [6, 6.07) is 8.66. The van der Waals surface area contributed by atoms with E-state index in [-0.39, 0.29) is 0 Å². The number of hydrogen-bond acceptors (Lipinski definition) is 1. The third-order valence-electron chi connectivity index (χ3n) is 3.34. The lowest BCUT2D eigenvalue weighted by Crippen LogP contribution is -1.89. The van der Waals surface area contributed by atoms with E-state index in [1.54, 1.807) is 0 Å². The molecule has 0 atom stereocenters. The van der Waals surface area contributed by atoms with E-state index in [9.17, 15) is 0 Å². The van der Waals surface area contributed by atoms with Crippen molar-refractivity contribution in [3.05, 3.63) is 41.2 Å². The minimum atomic E-state index is 1.02. The Labute approximate surface area is 95.7 Å². The molecule has 2 nitrogen and oxygen atoms in total. The van der Waals surface area contributed by atoms with Crippen molar-refractivity contribution in [3.63, 3.8) is 0 Å². The molecule has 2 heteroatoms. The van der Waals surface area contributed by atoms with Crippen LogP contribution in [-0.4, -0.2) is 10.2 Å². The highest BCUT2D eigenvalue weighted by Crippen LogP contribution is 2.37. The first kappa shape index (κ1) is 9.64. The summed E-state index contributed by atoms with van der Waals surface area (Å²) in [6.07, 6.45) is 4.56. The lowest BCUT2D eigenvalue weighted by molar-refractivity contribution is 0.771. The summed E-state index contributed by atoms with van der Waals surface area (Å²) in [7, 11) is 0. The Morgan fingerprint density at radius 2 is 2.19 bits per heavy atom. The highest BCUT2D eigenvalue weighted by molar-refractivity contribution is 5.77. The molecule has 1 heterocycles. The largest absolute Gasteiger partial charge is 0.281 e. The van der Waals surface area contributed by atoms with Crippen molar-refractivity contribution in [1.29, 1.82) is 0 Å². The van der Waals surface area contributed by atoms with Crippen LogP contribution in [-0.2, 0) is 12.8 Å². The topological polar surface area (TPSA) is 28.7 Å². The lowest BCUT2D eigenvalue weighted by Gasteiger charge is -2.01. The summed E-state index contributed by atoms with van der Waals surface area (Å²) in [5.41, 5.74) is 6.75. The highest BCUT2D eigenvalue weighted by Gasteiger charge is 2.23. The lowest BCUT2D eigenvalue weighted by atomic mass is 10.0. The van der Waals surface area contributed by atoms with E-state index in [0.29, 0.717) is 0 Å². The van der Waals surface area contributed by atoms with Crippen LogP contribution < -0.4 is 0 Å². The van der Waals surface area contributed by atoms with Crippen LogP contribution in [0.4, 0.5) is 0 Å². The van der Waals surface area contributed by atoms with Gasteiger partial charge in [-0.3, -0.25) is 5.10 Å². The second-order valence-electron chi connectivity index (χ2n) is 4.46. The van der Waals surface area contributed by atoms with E-state index < -0.39 is 0 Å². The molecule has 3 rings (SSSR count). The van der Waals surface area contributed by atoms with Gasteiger partial charge in [-0.05, 0) is 24.0 Å². The van der Waals surface area contributed by atoms with E-state index >= 15 is 0 Å². The average molecular weight is 212 g/mol. The third-order valence-corrected chi connectivity index (χ3v) is 3.34.